The minimum absolute atomic E-state index is 0. The molecule has 2 aromatic carbocycles. The molecule has 0 aromatic heterocycles. The second-order valence-corrected chi connectivity index (χ2v) is 6.22. The molecule has 1 aliphatic rings. The first-order chi connectivity index (χ1) is 10.7. The fourth-order valence-electron chi connectivity index (χ4n) is 3.28. The molecule has 23 heavy (non-hydrogen) atoms. The van der Waals surface area contributed by atoms with Gasteiger partial charge < -0.3 is 10.2 Å². The third-order valence-electron chi connectivity index (χ3n) is 4.86. The molecule has 1 saturated heterocycles. The van der Waals surface area contributed by atoms with Crippen LogP contribution < -0.4 is 5.32 Å². The van der Waals surface area contributed by atoms with E-state index in [9.17, 15) is 4.79 Å². The van der Waals surface area contributed by atoms with E-state index in [1.54, 1.807) is 0 Å². The lowest BCUT2D eigenvalue weighted by atomic mass is 9.95. The van der Waals surface area contributed by atoms with Gasteiger partial charge in [0.2, 0.25) is 5.91 Å². The van der Waals surface area contributed by atoms with Crippen LogP contribution in [0, 0.1) is 0 Å². The molecule has 1 atom stereocenters. The summed E-state index contributed by atoms with van der Waals surface area (Å²) in [6, 6.07) is 15.2. The van der Waals surface area contributed by atoms with Crippen LogP contribution in [-0.2, 0) is 4.79 Å². The monoisotopic (exact) mass is 332 g/mol. The molecule has 3 nitrogen and oxygen atoms in total. The summed E-state index contributed by atoms with van der Waals surface area (Å²) in [6.07, 6.45) is 2.10. The van der Waals surface area contributed by atoms with Crippen LogP contribution in [0.15, 0.2) is 42.5 Å². The number of likely N-dealkylation sites (tertiary alicyclic amines) is 1. The predicted octanol–water partition coefficient (Wildman–Crippen LogP) is 3.58. The maximum atomic E-state index is 12.7. The van der Waals surface area contributed by atoms with Crippen molar-refractivity contribution in [1.82, 2.24) is 10.2 Å². The lowest BCUT2D eigenvalue weighted by Crippen LogP contribution is -2.45. The van der Waals surface area contributed by atoms with Gasteiger partial charge in [-0.2, -0.15) is 0 Å². The van der Waals surface area contributed by atoms with Crippen LogP contribution in [-0.4, -0.2) is 37.0 Å². The predicted molar refractivity (Wildman–Crippen MR) is 98.3 cm³/mol. The highest BCUT2D eigenvalue weighted by molar-refractivity contribution is 5.87. The van der Waals surface area contributed by atoms with Gasteiger partial charge in [0.25, 0.3) is 0 Å². The standard InChI is InChI=1S/C19H24N2O.ClH/c1-14(19(22)21-11-9-18(20-2)10-12-21)16-8-7-15-5-3-4-6-17(15)13-16;/h3-8,13-14,18,20H,9-12H2,1-2H3;1H. The number of hydrogen-bond donors (Lipinski definition) is 1. The summed E-state index contributed by atoms with van der Waals surface area (Å²) in [7, 11) is 2.00. The number of halogens is 1. The van der Waals surface area contributed by atoms with Gasteiger partial charge in [-0.15, -0.1) is 12.4 Å². The Labute approximate surface area is 144 Å². The summed E-state index contributed by atoms with van der Waals surface area (Å²) < 4.78 is 0. The van der Waals surface area contributed by atoms with Crippen LogP contribution in [0.2, 0.25) is 0 Å². The number of nitrogens with zero attached hydrogens (tertiary/aromatic N) is 1. The Hall–Kier alpha value is -1.58. The number of hydrogen-bond acceptors (Lipinski definition) is 2. The van der Waals surface area contributed by atoms with Crippen molar-refractivity contribution in [2.24, 2.45) is 0 Å². The molecule has 1 aliphatic heterocycles. The van der Waals surface area contributed by atoms with Crippen LogP contribution >= 0.6 is 12.4 Å². The quantitative estimate of drug-likeness (QED) is 0.931. The molecule has 1 N–H and O–H groups in total. The number of amides is 1. The zero-order valence-electron chi connectivity index (χ0n) is 13.8. The summed E-state index contributed by atoms with van der Waals surface area (Å²) in [4.78, 5) is 14.8. The Morgan fingerprint density at radius 2 is 1.78 bits per heavy atom. The topological polar surface area (TPSA) is 32.3 Å². The molecular formula is C19H25ClN2O. The lowest BCUT2D eigenvalue weighted by Gasteiger charge is -2.33. The summed E-state index contributed by atoms with van der Waals surface area (Å²) in [5.74, 6) is 0.181. The highest BCUT2D eigenvalue weighted by Crippen LogP contribution is 2.24. The van der Waals surface area contributed by atoms with Crippen molar-refractivity contribution in [1.29, 1.82) is 0 Å². The third kappa shape index (κ3) is 3.85. The summed E-state index contributed by atoms with van der Waals surface area (Å²) in [5, 5.41) is 5.73. The van der Waals surface area contributed by atoms with Crippen molar-refractivity contribution >= 4 is 29.1 Å². The Bertz CT molecular complexity index is 665. The summed E-state index contributed by atoms with van der Waals surface area (Å²) in [5.41, 5.74) is 1.11. The van der Waals surface area contributed by atoms with Crippen LogP contribution in [0.4, 0.5) is 0 Å². The summed E-state index contributed by atoms with van der Waals surface area (Å²) >= 11 is 0. The second-order valence-electron chi connectivity index (χ2n) is 6.22. The number of benzene rings is 2. The van der Waals surface area contributed by atoms with Gasteiger partial charge in [-0.05, 0) is 43.1 Å². The molecule has 2 aromatic rings. The highest BCUT2D eigenvalue weighted by Gasteiger charge is 2.26. The first-order valence-electron chi connectivity index (χ1n) is 8.14. The maximum Gasteiger partial charge on any atom is 0.229 e. The maximum absolute atomic E-state index is 12.7. The van der Waals surface area contributed by atoms with Gasteiger partial charge in [0.15, 0.2) is 0 Å². The number of fused-ring (bicyclic) bond motifs is 1. The average Bonchev–Trinajstić information content (AvgIpc) is 2.60. The molecule has 1 fully saturated rings. The molecule has 1 heterocycles. The SMILES string of the molecule is CNC1CCN(C(=O)C(C)c2ccc3ccccc3c2)CC1.Cl. The normalized spacial score (nSPS) is 16.9. The van der Waals surface area contributed by atoms with Gasteiger partial charge in [-0.25, -0.2) is 0 Å². The molecule has 0 spiro atoms. The third-order valence-corrected chi connectivity index (χ3v) is 4.86. The van der Waals surface area contributed by atoms with Crippen molar-refractivity contribution in [2.45, 2.75) is 31.7 Å². The number of rotatable bonds is 3. The largest absolute Gasteiger partial charge is 0.342 e. The molecule has 0 bridgehead atoms. The average molecular weight is 333 g/mol. The minimum atomic E-state index is -0.0734. The fraction of sp³-hybridized carbons (Fsp3) is 0.421. The van der Waals surface area contributed by atoms with E-state index in [-0.39, 0.29) is 24.2 Å². The second kappa shape index (κ2) is 7.80. The van der Waals surface area contributed by atoms with Crippen molar-refractivity contribution in [2.75, 3.05) is 20.1 Å². The molecule has 4 heteroatoms. The summed E-state index contributed by atoms with van der Waals surface area (Å²) in [6.45, 7) is 3.75. The molecule has 1 amide bonds. The van der Waals surface area contributed by atoms with Gasteiger partial charge in [0.1, 0.15) is 0 Å². The van der Waals surface area contributed by atoms with Crippen LogP contribution in [0.1, 0.15) is 31.2 Å². The van der Waals surface area contributed by atoms with E-state index in [2.05, 4.69) is 35.6 Å². The molecule has 124 valence electrons. The number of nitrogens with one attached hydrogen (secondary N) is 1. The Morgan fingerprint density at radius 3 is 2.43 bits per heavy atom. The molecule has 0 saturated carbocycles. The van der Waals surface area contributed by atoms with E-state index < -0.39 is 0 Å². The van der Waals surface area contributed by atoms with Gasteiger partial charge in [0.05, 0.1) is 5.92 Å². The van der Waals surface area contributed by atoms with Crippen molar-refractivity contribution in [3.8, 4) is 0 Å². The molecule has 3 rings (SSSR count). The Balaban J connectivity index is 0.00000192. The van der Waals surface area contributed by atoms with Gasteiger partial charge in [0, 0.05) is 19.1 Å². The van der Waals surface area contributed by atoms with Crippen LogP contribution in [0.5, 0.6) is 0 Å². The molecule has 0 aliphatic carbocycles. The molecule has 0 radical (unpaired) electrons. The van der Waals surface area contributed by atoms with E-state index >= 15 is 0 Å². The molecule has 1 unspecified atom stereocenters. The molecular weight excluding hydrogens is 308 g/mol. The van der Waals surface area contributed by atoms with E-state index in [0.29, 0.717) is 6.04 Å². The van der Waals surface area contributed by atoms with Crippen LogP contribution in [0.25, 0.3) is 10.8 Å². The number of carbonyl (C=O) groups is 1. The van der Waals surface area contributed by atoms with E-state index in [4.69, 9.17) is 0 Å². The van der Waals surface area contributed by atoms with Crippen LogP contribution in [0.3, 0.4) is 0 Å². The first kappa shape index (κ1) is 17.8. The highest BCUT2D eigenvalue weighted by atomic mass is 35.5. The Kier molecular flexibility index (Phi) is 6.03. The number of carbonyl (C=O) groups excluding carboxylic acids is 1. The lowest BCUT2D eigenvalue weighted by molar-refractivity contribution is -0.133. The van der Waals surface area contributed by atoms with E-state index in [1.807, 2.05) is 31.0 Å². The minimum Gasteiger partial charge on any atom is -0.342 e. The van der Waals surface area contributed by atoms with Gasteiger partial charge in [-0.1, -0.05) is 42.5 Å². The fourth-order valence-corrected chi connectivity index (χ4v) is 3.28. The van der Waals surface area contributed by atoms with Crippen molar-refractivity contribution in [3.63, 3.8) is 0 Å². The van der Waals surface area contributed by atoms with Gasteiger partial charge >= 0.3 is 0 Å². The van der Waals surface area contributed by atoms with E-state index in [0.717, 1.165) is 31.5 Å². The number of piperidine rings is 1. The zero-order chi connectivity index (χ0) is 15.5. The smallest absolute Gasteiger partial charge is 0.229 e. The first-order valence-corrected chi connectivity index (χ1v) is 8.14. The van der Waals surface area contributed by atoms with E-state index in [1.165, 1.54) is 10.8 Å². The Morgan fingerprint density at radius 1 is 1.13 bits per heavy atom. The van der Waals surface area contributed by atoms with Crippen molar-refractivity contribution in [3.05, 3.63) is 48.0 Å². The van der Waals surface area contributed by atoms with Crippen molar-refractivity contribution < 1.29 is 4.79 Å². The van der Waals surface area contributed by atoms with Gasteiger partial charge in [-0.3, -0.25) is 4.79 Å². The zero-order valence-corrected chi connectivity index (χ0v) is 14.6.